The van der Waals surface area contributed by atoms with Crippen LogP contribution in [-0.4, -0.2) is 68.3 Å². The summed E-state index contributed by atoms with van der Waals surface area (Å²) in [5.74, 6) is -1.03. The molecule has 0 aromatic carbocycles. The zero-order chi connectivity index (χ0) is 20.5. The highest BCUT2D eigenvalue weighted by Crippen LogP contribution is 2.05. The molecule has 0 radical (unpaired) electrons. The van der Waals surface area contributed by atoms with Crippen molar-refractivity contribution in [1.82, 2.24) is 10.8 Å². The second kappa shape index (κ2) is 15.3. The number of rotatable bonds is 16. The molecule has 0 spiro atoms. The number of carboxylic acids is 1. The van der Waals surface area contributed by atoms with Crippen molar-refractivity contribution in [2.45, 2.75) is 52.1 Å². The second-order valence-corrected chi connectivity index (χ2v) is 6.61. The molecular formula is C17H32N2O8. The standard InChI is InChI=1S/C17H32N2O8/c1-17(2,3)27-16(23)18-13-19-26-12-11-25-10-9-24-8-4-5-14(20)6-7-15(21)22/h19H,4-13H2,1-3H3,(H,18,23)(H,21,22). The molecule has 0 atom stereocenters. The first-order valence-electron chi connectivity index (χ1n) is 8.91. The van der Waals surface area contributed by atoms with Crippen molar-refractivity contribution in [1.29, 1.82) is 0 Å². The Bertz CT molecular complexity index is 437. The topological polar surface area (TPSA) is 132 Å². The number of nitrogens with one attached hydrogen (secondary N) is 2. The second-order valence-electron chi connectivity index (χ2n) is 6.61. The number of carboxylic acid groups (broad SMARTS) is 1. The van der Waals surface area contributed by atoms with Gasteiger partial charge in [-0.1, -0.05) is 0 Å². The van der Waals surface area contributed by atoms with Crippen LogP contribution in [0.5, 0.6) is 0 Å². The normalized spacial score (nSPS) is 11.2. The number of hydrogen-bond acceptors (Lipinski definition) is 8. The Morgan fingerprint density at radius 3 is 2.15 bits per heavy atom. The number of ketones is 1. The summed E-state index contributed by atoms with van der Waals surface area (Å²) in [6, 6.07) is 0. The van der Waals surface area contributed by atoms with Crippen molar-refractivity contribution in [3.05, 3.63) is 0 Å². The van der Waals surface area contributed by atoms with Crippen molar-refractivity contribution < 1.29 is 38.5 Å². The summed E-state index contributed by atoms with van der Waals surface area (Å²) in [7, 11) is 0. The molecule has 0 aliphatic rings. The van der Waals surface area contributed by atoms with Gasteiger partial charge in [0.1, 0.15) is 11.4 Å². The average Bonchev–Trinajstić information content (AvgIpc) is 2.55. The summed E-state index contributed by atoms with van der Waals surface area (Å²) in [5, 5.41) is 10.9. The van der Waals surface area contributed by atoms with Gasteiger partial charge in [-0.3, -0.25) is 14.4 Å². The predicted molar refractivity (Wildman–Crippen MR) is 96.1 cm³/mol. The van der Waals surface area contributed by atoms with Crippen molar-refractivity contribution in [2.24, 2.45) is 0 Å². The molecule has 0 saturated heterocycles. The smallest absolute Gasteiger partial charge is 0.408 e. The minimum absolute atomic E-state index is 0.0666. The molecule has 0 bridgehead atoms. The Kier molecular flexibility index (Phi) is 14.3. The third-order valence-electron chi connectivity index (χ3n) is 2.87. The lowest BCUT2D eigenvalue weighted by Gasteiger charge is -2.19. The van der Waals surface area contributed by atoms with Crippen LogP contribution in [-0.2, 0) is 28.6 Å². The van der Waals surface area contributed by atoms with Gasteiger partial charge in [-0.25, -0.2) is 4.79 Å². The lowest BCUT2D eigenvalue weighted by atomic mass is 10.1. The molecule has 0 aromatic rings. The number of hydrogen-bond donors (Lipinski definition) is 3. The molecule has 0 heterocycles. The van der Waals surface area contributed by atoms with Crippen LogP contribution in [0.2, 0.25) is 0 Å². The fraction of sp³-hybridized carbons (Fsp3) is 0.824. The lowest BCUT2D eigenvalue weighted by Crippen LogP contribution is -2.38. The van der Waals surface area contributed by atoms with E-state index in [1.165, 1.54) is 0 Å². The van der Waals surface area contributed by atoms with E-state index in [9.17, 15) is 14.4 Å². The van der Waals surface area contributed by atoms with Gasteiger partial charge in [-0.15, -0.1) is 0 Å². The number of amides is 1. The fourth-order valence-corrected chi connectivity index (χ4v) is 1.71. The van der Waals surface area contributed by atoms with Crippen molar-refractivity contribution >= 4 is 17.8 Å². The van der Waals surface area contributed by atoms with Crippen LogP contribution in [0.4, 0.5) is 4.79 Å². The molecule has 10 heteroatoms. The van der Waals surface area contributed by atoms with Gasteiger partial charge >= 0.3 is 12.1 Å². The summed E-state index contributed by atoms with van der Waals surface area (Å²) in [4.78, 5) is 38.0. The van der Waals surface area contributed by atoms with E-state index in [1.807, 2.05) is 0 Å². The van der Waals surface area contributed by atoms with Crippen molar-refractivity contribution in [3.8, 4) is 0 Å². The van der Waals surface area contributed by atoms with Crippen LogP contribution in [0.15, 0.2) is 0 Å². The highest BCUT2D eigenvalue weighted by atomic mass is 16.7. The van der Waals surface area contributed by atoms with Gasteiger partial charge in [0.2, 0.25) is 0 Å². The summed E-state index contributed by atoms with van der Waals surface area (Å²) in [6.07, 6.45) is 0.304. The van der Waals surface area contributed by atoms with E-state index in [0.29, 0.717) is 45.9 Å². The predicted octanol–water partition coefficient (Wildman–Crippen LogP) is 1.24. The minimum Gasteiger partial charge on any atom is -0.481 e. The van der Waals surface area contributed by atoms with Crippen LogP contribution < -0.4 is 10.8 Å². The van der Waals surface area contributed by atoms with E-state index in [-0.39, 0.29) is 25.3 Å². The van der Waals surface area contributed by atoms with Gasteiger partial charge in [0.25, 0.3) is 0 Å². The molecule has 0 saturated carbocycles. The lowest BCUT2D eigenvalue weighted by molar-refractivity contribution is -0.138. The summed E-state index contributed by atoms with van der Waals surface area (Å²) in [6.45, 7) is 7.33. The molecule has 0 aliphatic carbocycles. The highest BCUT2D eigenvalue weighted by Gasteiger charge is 2.15. The highest BCUT2D eigenvalue weighted by molar-refractivity contribution is 5.82. The monoisotopic (exact) mass is 392 g/mol. The van der Waals surface area contributed by atoms with E-state index in [2.05, 4.69) is 10.8 Å². The molecule has 0 unspecified atom stereocenters. The molecular weight excluding hydrogens is 360 g/mol. The number of aliphatic carboxylic acids is 1. The maximum Gasteiger partial charge on any atom is 0.408 e. The molecule has 0 fully saturated rings. The van der Waals surface area contributed by atoms with Gasteiger partial charge in [-0.2, -0.15) is 5.48 Å². The van der Waals surface area contributed by atoms with E-state index < -0.39 is 17.7 Å². The molecule has 158 valence electrons. The largest absolute Gasteiger partial charge is 0.481 e. The zero-order valence-electron chi connectivity index (χ0n) is 16.4. The molecule has 3 N–H and O–H groups in total. The van der Waals surface area contributed by atoms with Crippen LogP contribution in [0.25, 0.3) is 0 Å². The summed E-state index contributed by atoms with van der Waals surface area (Å²) >= 11 is 0. The Hall–Kier alpha value is -1.75. The Labute approximate surface area is 159 Å². The van der Waals surface area contributed by atoms with Gasteiger partial charge in [0.05, 0.1) is 39.5 Å². The van der Waals surface area contributed by atoms with E-state index in [1.54, 1.807) is 20.8 Å². The van der Waals surface area contributed by atoms with E-state index in [0.717, 1.165) is 0 Å². The minimum atomic E-state index is -0.963. The van der Waals surface area contributed by atoms with Crippen LogP contribution >= 0.6 is 0 Å². The molecule has 0 aliphatic heterocycles. The fourth-order valence-electron chi connectivity index (χ4n) is 1.71. The Balaban J connectivity index is 3.26. The SMILES string of the molecule is CC(C)(C)OC(=O)NCNOCCOCCOCCCC(=O)CCC(=O)O. The van der Waals surface area contributed by atoms with Crippen molar-refractivity contribution in [2.75, 3.05) is 39.7 Å². The molecule has 27 heavy (non-hydrogen) atoms. The number of Topliss-reactive ketones (excluding diaryl/α,β-unsaturated/α-hetero) is 1. The van der Waals surface area contributed by atoms with Crippen molar-refractivity contribution in [3.63, 3.8) is 0 Å². The molecule has 1 amide bonds. The zero-order valence-corrected chi connectivity index (χ0v) is 16.4. The number of carbonyl (C=O) groups excluding carboxylic acids is 2. The van der Waals surface area contributed by atoms with E-state index >= 15 is 0 Å². The average molecular weight is 392 g/mol. The Morgan fingerprint density at radius 1 is 0.889 bits per heavy atom. The Morgan fingerprint density at radius 2 is 1.52 bits per heavy atom. The quantitative estimate of drug-likeness (QED) is 0.201. The molecule has 0 aromatic heterocycles. The summed E-state index contributed by atoms with van der Waals surface area (Å²) < 4.78 is 15.6. The maximum absolute atomic E-state index is 11.3. The van der Waals surface area contributed by atoms with Crippen LogP contribution in [0.1, 0.15) is 46.5 Å². The van der Waals surface area contributed by atoms with Gasteiger partial charge in [0.15, 0.2) is 0 Å². The maximum atomic E-state index is 11.3. The molecule has 0 rings (SSSR count). The van der Waals surface area contributed by atoms with Gasteiger partial charge in [0, 0.05) is 19.4 Å². The molecule has 10 nitrogen and oxygen atoms in total. The van der Waals surface area contributed by atoms with E-state index in [4.69, 9.17) is 24.2 Å². The first-order valence-corrected chi connectivity index (χ1v) is 8.91. The first-order chi connectivity index (χ1) is 12.7. The number of alkyl carbamates (subject to hydrolysis) is 1. The van der Waals surface area contributed by atoms with Gasteiger partial charge < -0.3 is 24.6 Å². The third kappa shape index (κ3) is 20.4. The first kappa shape index (κ1) is 25.2. The third-order valence-corrected chi connectivity index (χ3v) is 2.87. The number of carbonyl (C=O) groups is 3. The number of ether oxygens (including phenoxy) is 3. The summed E-state index contributed by atoms with van der Waals surface area (Å²) in [5.41, 5.74) is 2.01. The van der Waals surface area contributed by atoms with Crippen LogP contribution in [0.3, 0.4) is 0 Å². The van der Waals surface area contributed by atoms with Crippen LogP contribution in [0, 0.1) is 0 Å². The number of hydroxylamine groups is 1. The van der Waals surface area contributed by atoms with Gasteiger partial charge in [-0.05, 0) is 27.2 Å².